The molecule has 2 amide bonds. The summed E-state index contributed by atoms with van der Waals surface area (Å²) in [5, 5.41) is 0. The number of carbonyl (C=O) groups is 2. The van der Waals surface area contributed by atoms with Crippen molar-refractivity contribution < 1.29 is 9.59 Å². The van der Waals surface area contributed by atoms with E-state index in [4.69, 9.17) is 5.73 Å². The first-order valence-corrected chi connectivity index (χ1v) is 7.63. The molecule has 1 saturated heterocycles. The Kier molecular flexibility index (Phi) is 4.09. The van der Waals surface area contributed by atoms with E-state index in [1.807, 2.05) is 17.0 Å². The summed E-state index contributed by atoms with van der Waals surface area (Å²) in [5.41, 5.74) is 7.78. The minimum Gasteiger partial charge on any atom is -0.366 e. The molecule has 0 radical (unpaired) electrons. The van der Waals surface area contributed by atoms with Crippen LogP contribution in [0.25, 0.3) is 6.08 Å². The van der Waals surface area contributed by atoms with Crippen molar-refractivity contribution >= 4 is 23.6 Å². The Hall–Kier alpha value is -2.37. The second-order valence-electron chi connectivity index (χ2n) is 5.70. The lowest BCUT2D eigenvalue weighted by atomic mass is 10.1. The molecule has 116 valence electrons. The van der Waals surface area contributed by atoms with Crippen molar-refractivity contribution in [1.82, 2.24) is 9.88 Å². The molecule has 6 heteroatoms. The zero-order chi connectivity index (χ0) is 15.5. The van der Waals surface area contributed by atoms with Crippen molar-refractivity contribution in [1.29, 1.82) is 0 Å². The first-order chi connectivity index (χ1) is 10.6. The summed E-state index contributed by atoms with van der Waals surface area (Å²) in [6, 6.07) is 3.89. The van der Waals surface area contributed by atoms with Crippen LogP contribution in [0.4, 0.5) is 5.69 Å². The lowest BCUT2D eigenvalue weighted by molar-refractivity contribution is -0.127. The molecule has 3 rings (SSSR count). The van der Waals surface area contributed by atoms with Crippen LogP contribution in [0.5, 0.6) is 0 Å². The molecule has 1 aromatic rings. The number of carbonyl (C=O) groups excluding carboxylic acids is 2. The second kappa shape index (κ2) is 6.17. The Balaban J connectivity index is 1.67. The zero-order valence-electron chi connectivity index (χ0n) is 12.5. The number of pyridine rings is 1. The molecule has 0 unspecified atom stereocenters. The van der Waals surface area contributed by atoms with Gasteiger partial charge in [0.25, 0.3) is 0 Å². The maximum atomic E-state index is 11.6. The Morgan fingerprint density at radius 3 is 2.86 bits per heavy atom. The molecule has 0 bridgehead atoms. The predicted molar refractivity (Wildman–Crippen MR) is 84.1 cm³/mol. The SMILES string of the molecule is NC(=O)C1=Cc2ncccc2N(CCCN2CCCC2=O)C1. The van der Waals surface area contributed by atoms with Crippen LogP contribution < -0.4 is 10.6 Å². The quantitative estimate of drug-likeness (QED) is 0.871. The zero-order valence-corrected chi connectivity index (χ0v) is 12.5. The Morgan fingerprint density at radius 1 is 1.32 bits per heavy atom. The molecule has 22 heavy (non-hydrogen) atoms. The fourth-order valence-electron chi connectivity index (χ4n) is 3.03. The van der Waals surface area contributed by atoms with Crippen LogP contribution in [0.15, 0.2) is 23.9 Å². The Labute approximate surface area is 129 Å². The number of rotatable bonds is 5. The third-order valence-corrected chi connectivity index (χ3v) is 4.17. The summed E-state index contributed by atoms with van der Waals surface area (Å²) in [6.07, 6.45) is 5.97. The van der Waals surface area contributed by atoms with E-state index in [-0.39, 0.29) is 5.91 Å². The highest BCUT2D eigenvalue weighted by molar-refractivity contribution is 5.99. The lowest BCUT2D eigenvalue weighted by Gasteiger charge is -2.30. The lowest BCUT2D eigenvalue weighted by Crippen LogP contribution is -2.36. The predicted octanol–water partition coefficient (Wildman–Crippen LogP) is 0.783. The normalized spacial score (nSPS) is 17.5. The molecule has 0 aliphatic carbocycles. The summed E-state index contributed by atoms with van der Waals surface area (Å²) in [5.74, 6) is -0.158. The van der Waals surface area contributed by atoms with Crippen molar-refractivity contribution in [2.45, 2.75) is 19.3 Å². The van der Waals surface area contributed by atoms with Crippen LogP contribution in [-0.2, 0) is 9.59 Å². The summed E-state index contributed by atoms with van der Waals surface area (Å²) in [6.45, 7) is 2.90. The number of likely N-dealkylation sites (tertiary alicyclic amines) is 1. The van der Waals surface area contributed by atoms with Crippen LogP contribution in [-0.4, -0.2) is 47.9 Å². The van der Waals surface area contributed by atoms with Crippen LogP contribution in [0.3, 0.4) is 0 Å². The highest BCUT2D eigenvalue weighted by Gasteiger charge is 2.23. The van der Waals surface area contributed by atoms with Crippen LogP contribution in [0, 0.1) is 0 Å². The molecule has 6 nitrogen and oxygen atoms in total. The topological polar surface area (TPSA) is 79.5 Å². The second-order valence-corrected chi connectivity index (χ2v) is 5.70. The average molecular weight is 300 g/mol. The molecule has 1 aromatic heterocycles. The summed E-state index contributed by atoms with van der Waals surface area (Å²) >= 11 is 0. The summed E-state index contributed by atoms with van der Waals surface area (Å²) in [7, 11) is 0. The minimum absolute atomic E-state index is 0.249. The minimum atomic E-state index is -0.406. The monoisotopic (exact) mass is 300 g/mol. The largest absolute Gasteiger partial charge is 0.366 e. The van der Waals surface area contributed by atoms with Crippen molar-refractivity contribution in [2.75, 3.05) is 31.1 Å². The summed E-state index contributed by atoms with van der Waals surface area (Å²) < 4.78 is 0. The van der Waals surface area contributed by atoms with Gasteiger partial charge in [0, 0.05) is 44.4 Å². The van der Waals surface area contributed by atoms with Gasteiger partial charge < -0.3 is 15.5 Å². The van der Waals surface area contributed by atoms with Crippen molar-refractivity contribution in [3.05, 3.63) is 29.6 Å². The van der Waals surface area contributed by atoms with Gasteiger partial charge in [0.2, 0.25) is 11.8 Å². The van der Waals surface area contributed by atoms with Crippen LogP contribution in [0.1, 0.15) is 25.0 Å². The van der Waals surface area contributed by atoms with Crippen LogP contribution >= 0.6 is 0 Å². The summed E-state index contributed by atoms with van der Waals surface area (Å²) in [4.78, 5) is 31.4. The third-order valence-electron chi connectivity index (χ3n) is 4.17. The third kappa shape index (κ3) is 2.95. The van der Waals surface area contributed by atoms with E-state index in [9.17, 15) is 9.59 Å². The van der Waals surface area contributed by atoms with Crippen molar-refractivity contribution in [2.24, 2.45) is 5.73 Å². The standard InChI is InChI=1S/C16H20N4O2/c17-16(22)12-10-13-14(4-1-6-18-13)20(11-12)9-3-8-19-7-2-5-15(19)21/h1,4,6,10H,2-3,5,7-9,11H2,(H2,17,22). The number of hydrogen-bond acceptors (Lipinski definition) is 4. The van der Waals surface area contributed by atoms with Gasteiger partial charge in [-0.1, -0.05) is 0 Å². The van der Waals surface area contributed by atoms with Gasteiger partial charge in [-0.2, -0.15) is 0 Å². The van der Waals surface area contributed by atoms with Gasteiger partial charge in [-0.15, -0.1) is 0 Å². The Morgan fingerprint density at radius 2 is 2.14 bits per heavy atom. The van der Waals surface area contributed by atoms with Gasteiger partial charge >= 0.3 is 0 Å². The maximum Gasteiger partial charge on any atom is 0.246 e. The van der Waals surface area contributed by atoms with E-state index in [1.54, 1.807) is 12.3 Å². The fraction of sp³-hybridized carbons (Fsp3) is 0.438. The molecule has 2 N–H and O–H groups in total. The number of anilines is 1. The molecule has 3 heterocycles. The number of fused-ring (bicyclic) bond motifs is 1. The van der Waals surface area contributed by atoms with Gasteiger partial charge in [-0.05, 0) is 31.1 Å². The molecule has 0 atom stereocenters. The highest BCUT2D eigenvalue weighted by atomic mass is 16.2. The van der Waals surface area contributed by atoms with E-state index in [1.165, 1.54) is 0 Å². The van der Waals surface area contributed by atoms with Crippen molar-refractivity contribution in [3.8, 4) is 0 Å². The van der Waals surface area contributed by atoms with Gasteiger partial charge in [-0.3, -0.25) is 14.6 Å². The first-order valence-electron chi connectivity index (χ1n) is 7.63. The fourth-order valence-corrected chi connectivity index (χ4v) is 3.03. The first kappa shape index (κ1) is 14.6. The molecule has 2 aliphatic rings. The van der Waals surface area contributed by atoms with E-state index in [0.717, 1.165) is 43.9 Å². The molecule has 0 aromatic carbocycles. The van der Waals surface area contributed by atoms with Gasteiger partial charge in [0.15, 0.2) is 0 Å². The molecule has 2 aliphatic heterocycles. The molecule has 0 saturated carbocycles. The van der Waals surface area contributed by atoms with Gasteiger partial charge in [0.1, 0.15) is 0 Å². The van der Waals surface area contributed by atoms with E-state index >= 15 is 0 Å². The number of nitrogens with zero attached hydrogens (tertiary/aromatic N) is 3. The van der Waals surface area contributed by atoms with Gasteiger partial charge in [0.05, 0.1) is 11.4 Å². The maximum absolute atomic E-state index is 11.6. The van der Waals surface area contributed by atoms with Crippen LogP contribution in [0.2, 0.25) is 0 Å². The molecular formula is C16H20N4O2. The average Bonchev–Trinajstić information content (AvgIpc) is 2.92. The molecular weight excluding hydrogens is 280 g/mol. The number of nitrogens with two attached hydrogens (primary N) is 1. The van der Waals surface area contributed by atoms with Crippen molar-refractivity contribution in [3.63, 3.8) is 0 Å². The smallest absolute Gasteiger partial charge is 0.246 e. The molecule has 0 spiro atoms. The molecule has 1 fully saturated rings. The number of aromatic nitrogens is 1. The number of amides is 2. The van der Waals surface area contributed by atoms with E-state index in [0.29, 0.717) is 18.5 Å². The highest BCUT2D eigenvalue weighted by Crippen LogP contribution is 2.26. The number of primary amides is 1. The van der Waals surface area contributed by atoms with E-state index in [2.05, 4.69) is 9.88 Å². The Bertz CT molecular complexity index is 626. The van der Waals surface area contributed by atoms with Gasteiger partial charge in [-0.25, -0.2) is 0 Å². The number of hydrogen-bond donors (Lipinski definition) is 1. The van der Waals surface area contributed by atoms with E-state index < -0.39 is 5.91 Å².